The quantitative estimate of drug-likeness (QED) is 0.657. The standard InChI is InChI=1S/C9H16O5/c1-7(2-10)3-12-4-8-5-13-9(11)14-6-8/h7-8,10H,2-6H2,1H3. The highest BCUT2D eigenvalue weighted by Crippen LogP contribution is 2.08. The van der Waals surface area contributed by atoms with Gasteiger partial charge in [0.15, 0.2) is 0 Å². The Hall–Kier alpha value is -0.810. The van der Waals surface area contributed by atoms with E-state index in [1.807, 2.05) is 6.92 Å². The minimum atomic E-state index is -0.607. The highest BCUT2D eigenvalue weighted by Gasteiger charge is 2.21. The van der Waals surface area contributed by atoms with Crippen LogP contribution in [0.5, 0.6) is 0 Å². The third-order valence-corrected chi connectivity index (χ3v) is 1.94. The number of cyclic esters (lactones) is 2. The van der Waals surface area contributed by atoms with E-state index in [0.717, 1.165) is 0 Å². The van der Waals surface area contributed by atoms with Crippen LogP contribution < -0.4 is 0 Å². The van der Waals surface area contributed by atoms with E-state index in [4.69, 9.17) is 9.84 Å². The van der Waals surface area contributed by atoms with Gasteiger partial charge in [-0.25, -0.2) is 4.79 Å². The molecule has 0 aromatic rings. The molecular formula is C9H16O5. The van der Waals surface area contributed by atoms with Crippen molar-refractivity contribution < 1.29 is 24.1 Å². The Balaban J connectivity index is 2.04. The van der Waals surface area contributed by atoms with Crippen LogP contribution in [0.15, 0.2) is 0 Å². The molecule has 5 nitrogen and oxygen atoms in total. The van der Waals surface area contributed by atoms with Crippen molar-refractivity contribution >= 4 is 6.16 Å². The largest absolute Gasteiger partial charge is 0.508 e. The van der Waals surface area contributed by atoms with Crippen molar-refractivity contribution in [2.24, 2.45) is 11.8 Å². The van der Waals surface area contributed by atoms with Gasteiger partial charge in [-0.2, -0.15) is 0 Å². The van der Waals surface area contributed by atoms with Gasteiger partial charge < -0.3 is 19.3 Å². The normalized spacial score (nSPS) is 20.0. The Bertz CT molecular complexity index is 172. The number of hydrogen-bond donors (Lipinski definition) is 1. The van der Waals surface area contributed by atoms with E-state index < -0.39 is 6.16 Å². The zero-order chi connectivity index (χ0) is 10.4. The number of carbonyl (C=O) groups is 1. The summed E-state index contributed by atoms with van der Waals surface area (Å²) in [5, 5.41) is 8.73. The fraction of sp³-hybridized carbons (Fsp3) is 0.889. The predicted molar refractivity (Wildman–Crippen MR) is 47.9 cm³/mol. The lowest BCUT2D eigenvalue weighted by molar-refractivity contribution is -0.0437. The SMILES string of the molecule is CC(CO)COCC1COC(=O)OC1. The second kappa shape index (κ2) is 5.82. The van der Waals surface area contributed by atoms with Gasteiger partial charge in [-0.3, -0.25) is 0 Å². The maximum Gasteiger partial charge on any atom is 0.508 e. The first-order valence-electron chi connectivity index (χ1n) is 4.70. The average Bonchev–Trinajstić information content (AvgIpc) is 2.21. The van der Waals surface area contributed by atoms with Gasteiger partial charge in [0.1, 0.15) is 13.2 Å². The molecule has 0 spiro atoms. The summed E-state index contributed by atoms with van der Waals surface area (Å²) in [6.45, 7) is 3.74. The van der Waals surface area contributed by atoms with Gasteiger partial charge in [-0.1, -0.05) is 6.92 Å². The first kappa shape index (κ1) is 11.3. The van der Waals surface area contributed by atoms with Crippen LogP contribution in [-0.4, -0.2) is 44.3 Å². The first-order chi connectivity index (χ1) is 6.72. The summed E-state index contributed by atoms with van der Waals surface area (Å²) in [4.78, 5) is 10.5. The van der Waals surface area contributed by atoms with Crippen LogP contribution in [0.3, 0.4) is 0 Å². The number of carbonyl (C=O) groups excluding carboxylic acids is 1. The zero-order valence-corrected chi connectivity index (χ0v) is 8.27. The number of aliphatic hydroxyl groups is 1. The summed E-state index contributed by atoms with van der Waals surface area (Å²) < 4.78 is 14.7. The van der Waals surface area contributed by atoms with Crippen molar-refractivity contribution in [2.75, 3.05) is 33.0 Å². The van der Waals surface area contributed by atoms with Gasteiger partial charge in [-0.15, -0.1) is 0 Å². The molecule has 1 heterocycles. The van der Waals surface area contributed by atoms with Crippen molar-refractivity contribution in [1.82, 2.24) is 0 Å². The summed E-state index contributed by atoms with van der Waals surface area (Å²) >= 11 is 0. The van der Waals surface area contributed by atoms with E-state index in [9.17, 15) is 4.79 Å². The van der Waals surface area contributed by atoms with E-state index in [1.165, 1.54) is 0 Å². The molecule has 14 heavy (non-hydrogen) atoms. The summed E-state index contributed by atoms with van der Waals surface area (Å²) in [5.74, 6) is 0.251. The Labute approximate surface area is 82.9 Å². The molecule has 1 saturated heterocycles. The smallest absolute Gasteiger partial charge is 0.434 e. The second-order valence-corrected chi connectivity index (χ2v) is 3.56. The van der Waals surface area contributed by atoms with Crippen LogP contribution >= 0.6 is 0 Å². The van der Waals surface area contributed by atoms with Crippen molar-refractivity contribution in [1.29, 1.82) is 0 Å². The van der Waals surface area contributed by atoms with E-state index in [2.05, 4.69) is 9.47 Å². The molecule has 0 aromatic heterocycles. The van der Waals surface area contributed by atoms with Crippen molar-refractivity contribution in [3.8, 4) is 0 Å². The summed E-state index contributed by atoms with van der Waals surface area (Å²) in [7, 11) is 0. The lowest BCUT2D eigenvalue weighted by Crippen LogP contribution is -2.31. The lowest BCUT2D eigenvalue weighted by Gasteiger charge is -2.22. The third-order valence-electron chi connectivity index (χ3n) is 1.94. The van der Waals surface area contributed by atoms with Crippen LogP contribution in [-0.2, 0) is 14.2 Å². The van der Waals surface area contributed by atoms with Gasteiger partial charge in [0.25, 0.3) is 0 Å². The lowest BCUT2D eigenvalue weighted by atomic mass is 10.2. The van der Waals surface area contributed by atoms with Gasteiger partial charge in [0.05, 0.1) is 19.1 Å². The van der Waals surface area contributed by atoms with Crippen LogP contribution in [0.2, 0.25) is 0 Å². The molecule has 5 heteroatoms. The van der Waals surface area contributed by atoms with Crippen molar-refractivity contribution in [3.05, 3.63) is 0 Å². The molecule has 1 atom stereocenters. The van der Waals surface area contributed by atoms with E-state index in [-0.39, 0.29) is 18.4 Å². The second-order valence-electron chi connectivity index (χ2n) is 3.56. The monoisotopic (exact) mass is 204 g/mol. The molecule has 0 saturated carbocycles. The summed E-state index contributed by atoms with van der Waals surface area (Å²) in [6, 6.07) is 0. The molecule has 1 fully saturated rings. The molecule has 0 radical (unpaired) electrons. The number of hydrogen-bond acceptors (Lipinski definition) is 5. The molecule has 0 aromatic carbocycles. The summed E-state index contributed by atoms with van der Waals surface area (Å²) in [5.41, 5.74) is 0. The maximum atomic E-state index is 10.5. The highest BCUT2D eigenvalue weighted by molar-refractivity contribution is 5.60. The van der Waals surface area contributed by atoms with Crippen LogP contribution in [0.1, 0.15) is 6.92 Å². The molecule has 1 aliphatic heterocycles. The minimum Gasteiger partial charge on any atom is -0.434 e. The van der Waals surface area contributed by atoms with E-state index in [1.54, 1.807) is 0 Å². The molecule has 1 N–H and O–H groups in total. The van der Waals surface area contributed by atoms with Crippen LogP contribution in [0.25, 0.3) is 0 Å². The predicted octanol–water partition coefficient (Wildman–Crippen LogP) is 0.414. The zero-order valence-electron chi connectivity index (χ0n) is 8.27. The van der Waals surface area contributed by atoms with E-state index in [0.29, 0.717) is 26.4 Å². The molecule has 82 valence electrons. The Morgan fingerprint density at radius 1 is 1.57 bits per heavy atom. The molecule has 0 bridgehead atoms. The summed E-state index contributed by atoms with van der Waals surface area (Å²) in [6.07, 6.45) is -0.607. The number of aliphatic hydroxyl groups excluding tert-OH is 1. The van der Waals surface area contributed by atoms with E-state index >= 15 is 0 Å². The average molecular weight is 204 g/mol. The molecule has 1 aliphatic rings. The topological polar surface area (TPSA) is 65.0 Å². The number of ether oxygens (including phenoxy) is 3. The van der Waals surface area contributed by atoms with Crippen LogP contribution in [0.4, 0.5) is 4.79 Å². The molecule has 0 aliphatic carbocycles. The maximum absolute atomic E-state index is 10.5. The Morgan fingerprint density at radius 3 is 2.79 bits per heavy atom. The molecule has 0 amide bonds. The molecule has 1 unspecified atom stereocenters. The Kier molecular flexibility index (Phi) is 4.69. The first-order valence-corrected chi connectivity index (χ1v) is 4.70. The highest BCUT2D eigenvalue weighted by atomic mass is 16.7. The fourth-order valence-corrected chi connectivity index (χ4v) is 1.05. The van der Waals surface area contributed by atoms with Crippen LogP contribution in [0, 0.1) is 11.8 Å². The van der Waals surface area contributed by atoms with Gasteiger partial charge in [-0.05, 0) is 0 Å². The molecule has 1 rings (SSSR count). The van der Waals surface area contributed by atoms with Gasteiger partial charge in [0.2, 0.25) is 0 Å². The fourth-order valence-electron chi connectivity index (χ4n) is 1.05. The van der Waals surface area contributed by atoms with Crippen molar-refractivity contribution in [3.63, 3.8) is 0 Å². The molecular weight excluding hydrogens is 188 g/mol. The third kappa shape index (κ3) is 3.93. The van der Waals surface area contributed by atoms with Crippen molar-refractivity contribution in [2.45, 2.75) is 6.92 Å². The number of rotatable bonds is 5. The van der Waals surface area contributed by atoms with Gasteiger partial charge in [0, 0.05) is 12.5 Å². The Morgan fingerprint density at radius 2 is 2.21 bits per heavy atom. The minimum absolute atomic E-state index is 0.110. The van der Waals surface area contributed by atoms with Gasteiger partial charge >= 0.3 is 6.16 Å².